The number of pyridine rings is 1. The standard InChI is InChI=1S/C22H22N2O5.ClH/c1-4-28-18-6-5-16-15(12-24-13-17(16)21(18)25)9-14-10-19(26-2)22(29-8-7-23)20(11-14)27-3;/h5-6,10-13,25H,4,8-9H2,1-3H3;1H. The number of fused-ring (bicyclic) bond motifs is 1. The van der Waals surface area contributed by atoms with Crippen molar-refractivity contribution in [2.24, 2.45) is 0 Å². The maximum atomic E-state index is 10.5. The average molecular weight is 431 g/mol. The summed E-state index contributed by atoms with van der Waals surface area (Å²) in [7, 11) is 3.06. The molecule has 1 aromatic heterocycles. The van der Waals surface area contributed by atoms with Gasteiger partial charge in [-0.25, -0.2) is 0 Å². The van der Waals surface area contributed by atoms with Crippen molar-refractivity contribution in [3.8, 4) is 34.8 Å². The topological polar surface area (TPSA) is 93.8 Å². The van der Waals surface area contributed by atoms with Gasteiger partial charge in [-0.15, -0.1) is 12.4 Å². The SMILES string of the molecule is CCOc1ccc2c(Cc3cc(OC)c(OCC#N)c(OC)c3)cncc2c1O.Cl. The number of rotatable bonds is 8. The second-order valence-electron chi connectivity index (χ2n) is 6.19. The van der Waals surface area contributed by atoms with Crippen molar-refractivity contribution in [1.29, 1.82) is 5.26 Å². The zero-order valence-electron chi connectivity index (χ0n) is 17.0. The molecule has 3 aromatic rings. The van der Waals surface area contributed by atoms with Gasteiger partial charge in [-0.2, -0.15) is 5.26 Å². The lowest BCUT2D eigenvalue weighted by molar-refractivity contribution is 0.303. The molecule has 0 saturated carbocycles. The highest BCUT2D eigenvalue weighted by Crippen LogP contribution is 2.40. The zero-order chi connectivity index (χ0) is 20.8. The van der Waals surface area contributed by atoms with Gasteiger partial charge in [0.15, 0.2) is 29.6 Å². The van der Waals surface area contributed by atoms with Crippen LogP contribution in [0, 0.1) is 11.3 Å². The Labute approximate surface area is 181 Å². The molecule has 158 valence electrons. The Kier molecular flexibility index (Phi) is 7.96. The van der Waals surface area contributed by atoms with E-state index in [2.05, 4.69) is 4.98 Å². The third kappa shape index (κ3) is 4.61. The van der Waals surface area contributed by atoms with E-state index >= 15 is 0 Å². The predicted octanol–water partition coefficient (Wildman–Crippen LogP) is 4.27. The van der Waals surface area contributed by atoms with Crippen molar-refractivity contribution in [1.82, 2.24) is 4.98 Å². The van der Waals surface area contributed by atoms with Gasteiger partial charge in [-0.05, 0) is 48.1 Å². The number of nitrogens with zero attached hydrogens (tertiary/aromatic N) is 2. The van der Waals surface area contributed by atoms with Crippen molar-refractivity contribution in [2.75, 3.05) is 27.4 Å². The molecule has 0 aliphatic carbocycles. The van der Waals surface area contributed by atoms with Crippen LogP contribution in [0.4, 0.5) is 0 Å². The Balaban J connectivity index is 0.00000320. The number of ether oxygens (including phenoxy) is 4. The Hall–Kier alpha value is -3.37. The van der Waals surface area contributed by atoms with Crippen LogP contribution in [-0.2, 0) is 6.42 Å². The van der Waals surface area contributed by atoms with Crippen LogP contribution in [0.2, 0.25) is 0 Å². The van der Waals surface area contributed by atoms with Crippen LogP contribution in [0.3, 0.4) is 0 Å². The number of methoxy groups -OCH3 is 2. The van der Waals surface area contributed by atoms with Gasteiger partial charge in [0.2, 0.25) is 5.75 Å². The highest BCUT2D eigenvalue weighted by atomic mass is 35.5. The zero-order valence-corrected chi connectivity index (χ0v) is 17.8. The molecule has 0 atom stereocenters. The molecule has 1 N–H and O–H groups in total. The maximum Gasteiger partial charge on any atom is 0.204 e. The maximum absolute atomic E-state index is 10.5. The number of hydrogen-bond donors (Lipinski definition) is 1. The van der Waals surface area contributed by atoms with Crippen LogP contribution in [-0.4, -0.2) is 37.5 Å². The minimum Gasteiger partial charge on any atom is -0.504 e. The van der Waals surface area contributed by atoms with Crippen LogP contribution in [0.1, 0.15) is 18.1 Å². The van der Waals surface area contributed by atoms with E-state index in [9.17, 15) is 5.11 Å². The van der Waals surface area contributed by atoms with E-state index in [1.54, 1.807) is 18.5 Å². The molecule has 0 fully saturated rings. The number of phenols is 1. The smallest absolute Gasteiger partial charge is 0.204 e. The van der Waals surface area contributed by atoms with E-state index in [0.29, 0.717) is 41.4 Å². The molecule has 0 unspecified atom stereocenters. The molecule has 0 amide bonds. The highest BCUT2D eigenvalue weighted by Gasteiger charge is 2.16. The molecule has 8 heteroatoms. The Bertz CT molecular complexity index is 1040. The van der Waals surface area contributed by atoms with E-state index in [1.807, 2.05) is 31.2 Å². The van der Waals surface area contributed by atoms with Gasteiger partial charge < -0.3 is 24.1 Å². The fraction of sp³-hybridized carbons (Fsp3) is 0.273. The van der Waals surface area contributed by atoms with Crippen molar-refractivity contribution in [2.45, 2.75) is 13.3 Å². The molecular formula is C22H23ClN2O5. The minimum atomic E-state index is -0.110. The molecule has 3 rings (SSSR count). The number of phenolic OH excluding ortho intramolecular Hbond substituents is 1. The van der Waals surface area contributed by atoms with E-state index in [1.165, 1.54) is 14.2 Å². The van der Waals surface area contributed by atoms with Gasteiger partial charge in [0.1, 0.15) is 6.07 Å². The number of aromatic hydroxyl groups is 1. The lowest BCUT2D eigenvalue weighted by atomic mass is 9.99. The van der Waals surface area contributed by atoms with Gasteiger partial charge >= 0.3 is 0 Å². The first kappa shape index (κ1) is 22.9. The fourth-order valence-corrected chi connectivity index (χ4v) is 3.19. The van der Waals surface area contributed by atoms with Gasteiger partial charge in [0.05, 0.1) is 20.8 Å². The lowest BCUT2D eigenvalue weighted by Crippen LogP contribution is -2.01. The Morgan fingerprint density at radius 1 is 1.00 bits per heavy atom. The third-order valence-corrected chi connectivity index (χ3v) is 4.46. The van der Waals surface area contributed by atoms with Crippen LogP contribution < -0.4 is 18.9 Å². The van der Waals surface area contributed by atoms with Crippen LogP contribution in [0.25, 0.3) is 10.8 Å². The third-order valence-electron chi connectivity index (χ3n) is 4.46. The number of nitriles is 1. The second kappa shape index (κ2) is 10.4. The van der Waals surface area contributed by atoms with Gasteiger partial charge in [-0.3, -0.25) is 4.98 Å². The highest BCUT2D eigenvalue weighted by molar-refractivity contribution is 5.92. The summed E-state index contributed by atoms with van der Waals surface area (Å²) >= 11 is 0. The van der Waals surface area contributed by atoms with E-state index < -0.39 is 0 Å². The monoisotopic (exact) mass is 430 g/mol. The first-order chi connectivity index (χ1) is 14.1. The predicted molar refractivity (Wildman–Crippen MR) is 115 cm³/mol. The molecule has 0 bridgehead atoms. The Morgan fingerprint density at radius 3 is 2.30 bits per heavy atom. The quantitative estimate of drug-likeness (QED) is 0.570. The summed E-state index contributed by atoms with van der Waals surface area (Å²) in [4.78, 5) is 4.28. The summed E-state index contributed by atoms with van der Waals surface area (Å²) in [6, 6.07) is 9.28. The van der Waals surface area contributed by atoms with Crippen molar-refractivity contribution in [3.63, 3.8) is 0 Å². The molecule has 7 nitrogen and oxygen atoms in total. The van der Waals surface area contributed by atoms with Crippen molar-refractivity contribution >= 4 is 23.2 Å². The summed E-state index contributed by atoms with van der Waals surface area (Å²) in [5.41, 5.74) is 1.83. The lowest BCUT2D eigenvalue weighted by Gasteiger charge is -2.15. The number of benzene rings is 2. The van der Waals surface area contributed by atoms with E-state index in [0.717, 1.165) is 16.5 Å². The van der Waals surface area contributed by atoms with Crippen LogP contribution in [0.5, 0.6) is 28.7 Å². The van der Waals surface area contributed by atoms with Gasteiger partial charge in [0, 0.05) is 17.8 Å². The molecule has 2 aromatic carbocycles. The number of aromatic nitrogens is 1. The number of halogens is 1. The Morgan fingerprint density at radius 2 is 1.70 bits per heavy atom. The van der Waals surface area contributed by atoms with Crippen molar-refractivity contribution in [3.05, 3.63) is 47.8 Å². The second-order valence-corrected chi connectivity index (χ2v) is 6.19. The summed E-state index contributed by atoms with van der Waals surface area (Å²) in [6.07, 6.45) is 3.92. The molecule has 30 heavy (non-hydrogen) atoms. The molecule has 0 saturated heterocycles. The molecule has 0 aliphatic heterocycles. The average Bonchev–Trinajstić information content (AvgIpc) is 2.74. The summed E-state index contributed by atoms with van der Waals surface area (Å²) in [5, 5.41) is 20.8. The van der Waals surface area contributed by atoms with Crippen molar-refractivity contribution < 1.29 is 24.1 Å². The molecule has 0 spiro atoms. The molecular weight excluding hydrogens is 408 g/mol. The summed E-state index contributed by atoms with van der Waals surface area (Å²) in [6.45, 7) is 2.22. The summed E-state index contributed by atoms with van der Waals surface area (Å²) < 4.78 is 21.8. The van der Waals surface area contributed by atoms with Gasteiger partial charge in [0.25, 0.3) is 0 Å². The van der Waals surface area contributed by atoms with Crippen LogP contribution >= 0.6 is 12.4 Å². The molecule has 0 radical (unpaired) electrons. The normalized spacial score (nSPS) is 10.1. The van der Waals surface area contributed by atoms with Gasteiger partial charge in [-0.1, -0.05) is 6.07 Å². The first-order valence-corrected chi connectivity index (χ1v) is 9.08. The number of hydrogen-bond acceptors (Lipinski definition) is 7. The summed E-state index contributed by atoms with van der Waals surface area (Å²) in [5.74, 6) is 1.85. The minimum absolute atomic E-state index is 0. The fourth-order valence-electron chi connectivity index (χ4n) is 3.19. The molecule has 1 heterocycles. The van der Waals surface area contributed by atoms with E-state index in [4.69, 9.17) is 24.2 Å². The molecule has 0 aliphatic rings. The van der Waals surface area contributed by atoms with Crippen LogP contribution in [0.15, 0.2) is 36.7 Å². The van der Waals surface area contributed by atoms with E-state index in [-0.39, 0.29) is 24.8 Å². The first-order valence-electron chi connectivity index (χ1n) is 9.08. The largest absolute Gasteiger partial charge is 0.504 e.